The average molecular weight is 251 g/mol. The van der Waals surface area contributed by atoms with E-state index in [1.54, 1.807) is 24.3 Å². The minimum absolute atomic E-state index is 0.227. The quantitative estimate of drug-likeness (QED) is 0.804. The molecule has 0 amide bonds. The van der Waals surface area contributed by atoms with Gasteiger partial charge in [0.25, 0.3) is 0 Å². The number of carbonyl (C=O) groups is 1. The normalized spacial score (nSPS) is 14.4. The number of oxazole rings is 1. The number of carbonyl (C=O) groups excluding carboxylic acids is 1. The van der Waals surface area contributed by atoms with Crippen LogP contribution >= 0.6 is 0 Å². The molecule has 0 bridgehead atoms. The van der Waals surface area contributed by atoms with E-state index < -0.39 is 17.3 Å². The second-order valence-corrected chi connectivity index (χ2v) is 4.19. The number of rotatable bonds is 3. The second-order valence-electron chi connectivity index (χ2n) is 4.19. The highest BCUT2D eigenvalue weighted by Gasteiger charge is 2.33. The third-order valence-electron chi connectivity index (χ3n) is 2.66. The lowest BCUT2D eigenvalue weighted by Crippen LogP contribution is -2.42. The predicted octanol–water partition coefficient (Wildman–Crippen LogP) is 0.518. The fourth-order valence-corrected chi connectivity index (χ4v) is 1.76. The molecule has 6 heteroatoms. The largest absolute Gasteiger partial charge is 0.467 e. The summed E-state index contributed by atoms with van der Waals surface area (Å²) in [6.07, 6.45) is 0. The highest BCUT2D eigenvalue weighted by atomic mass is 16.5. The standard InChI is InChI=1S/C12H13NO5/c1-12(16,10(14)17-2)7-13-8-5-3-4-6-9(8)18-11(13)15/h3-6,16H,7H2,1-2H3. The van der Waals surface area contributed by atoms with Crippen LogP contribution in [0.4, 0.5) is 0 Å². The van der Waals surface area contributed by atoms with Gasteiger partial charge in [0, 0.05) is 0 Å². The second kappa shape index (κ2) is 4.30. The Hall–Kier alpha value is -2.08. The van der Waals surface area contributed by atoms with E-state index in [4.69, 9.17) is 4.42 Å². The van der Waals surface area contributed by atoms with Crippen molar-refractivity contribution in [2.24, 2.45) is 0 Å². The zero-order valence-electron chi connectivity index (χ0n) is 10.0. The predicted molar refractivity (Wildman–Crippen MR) is 63.1 cm³/mol. The monoisotopic (exact) mass is 251 g/mol. The Labute approximate surface area is 102 Å². The van der Waals surface area contributed by atoms with Crippen LogP contribution in [0.25, 0.3) is 11.1 Å². The minimum atomic E-state index is -1.79. The molecule has 0 spiro atoms. The van der Waals surface area contributed by atoms with E-state index in [1.807, 2.05) is 0 Å². The van der Waals surface area contributed by atoms with Crippen LogP contribution in [0.3, 0.4) is 0 Å². The summed E-state index contributed by atoms with van der Waals surface area (Å²) in [4.78, 5) is 23.0. The first-order valence-electron chi connectivity index (χ1n) is 5.35. The van der Waals surface area contributed by atoms with Crippen molar-refractivity contribution >= 4 is 17.1 Å². The minimum Gasteiger partial charge on any atom is -0.467 e. The summed E-state index contributed by atoms with van der Waals surface area (Å²) in [6, 6.07) is 6.78. The van der Waals surface area contributed by atoms with Crippen LogP contribution in [0.1, 0.15) is 6.92 Å². The lowest BCUT2D eigenvalue weighted by molar-refractivity contribution is -0.161. The Morgan fingerprint density at radius 2 is 2.17 bits per heavy atom. The molecule has 1 aromatic carbocycles. The van der Waals surface area contributed by atoms with Crippen LogP contribution < -0.4 is 5.76 Å². The number of methoxy groups -OCH3 is 1. The van der Waals surface area contributed by atoms with Crippen molar-refractivity contribution in [2.75, 3.05) is 7.11 Å². The number of para-hydroxylation sites is 2. The lowest BCUT2D eigenvalue weighted by Gasteiger charge is -2.19. The summed E-state index contributed by atoms with van der Waals surface area (Å²) in [5, 5.41) is 9.96. The Morgan fingerprint density at radius 1 is 1.50 bits per heavy atom. The van der Waals surface area contributed by atoms with Gasteiger partial charge in [-0.25, -0.2) is 9.59 Å². The van der Waals surface area contributed by atoms with Crippen LogP contribution in [-0.4, -0.2) is 28.4 Å². The van der Waals surface area contributed by atoms with Gasteiger partial charge in [-0.15, -0.1) is 0 Å². The molecular formula is C12H13NO5. The zero-order valence-corrected chi connectivity index (χ0v) is 10.0. The molecule has 1 unspecified atom stereocenters. The van der Waals surface area contributed by atoms with Gasteiger partial charge in [-0.1, -0.05) is 12.1 Å². The van der Waals surface area contributed by atoms with E-state index in [2.05, 4.69) is 4.74 Å². The van der Waals surface area contributed by atoms with Gasteiger partial charge >= 0.3 is 11.7 Å². The zero-order chi connectivity index (χ0) is 13.3. The van der Waals surface area contributed by atoms with Crippen LogP contribution in [0.2, 0.25) is 0 Å². The molecule has 2 aromatic rings. The fourth-order valence-electron chi connectivity index (χ4n) is 1.76. The maximum atomic E-state index is 11.7. The molecule has 0 fully saturated rings. The van der Waals surface area contributed by atoms with Crippen LogP contribution in [0, 0.1) is 0 Å². The van der Waals surface area contributed by atoms with Crippen LogP contribution in [-0.2, 0) is 16.1 Å². The third-order valence-corrected chi connectivity index (χ3v) is 2.66. The van der Waals surface area contributed by atoms with Crippen molar-refractivity contribution in [2.45, 2.75) is 19.1 Å². The molecule has 6 nitrogen and oxygen atoms in total. The molecule has 0 saturated heterocycles. The summed E-state index contributed by atoms with van der Waals surface area (Å²) in [5.41, 5.74) is -0.861. The number of aromatic nitrogens is 1. The van der Waals surface area contributed by atoms with Crippen molar-refractivity contribution in [1.82, 2.24) is 4.57 Å². The molecule has 0 aliphatic rings. The summed E-state index contributed by atoms with van der Waals surface area (Å²) in [7, 11) is 1.17. The van der Waals surface area contributed by atoms with E-state index in [-0.39, 0.29) is 6.54 Å². The fraction of sp³-hybridized carbons (Fsp3) is 0.333. The van der Waals surface area contributed by atoms with Gasteiger partial charge in [0.2, 0.25) is 0 Å². The van der Waals surface area contributed by atoms with Crippen LogP contribution in [0.15, 0.2) is 33.5 Å². The molecular weight excluding hydrogens is 238 g/mol. The van der Waals surface area contributed by atoms with Gasteiger partial charge in [0.05, 0.1) is 19.2 Å². The molecule has 1 aromatic heterocycles. The van der Waals surface area contributed by atoms with Gasteiger partial charge < -0.3 is 14.3 Å². The van der Waals surface area contributed by atoms with E-state index >= 15 is 0 Å². The van der Waals surface area contributed by atoms with Gasteiger partial charge in [-0.3, -0.25) is 4.57 Å². The average Bonchev–Trinajstić information content (AvgIpc) is 2.65. The van der Waals surface area contributed by atoms with Gasteiger partial charge in [-0.2, -0.15) is 0 Å². The smallest absolute Gasteiger partial charge is 0.420 e. The Balaban J connectivity index is 2.46. The Kier molecular flexibility index (Phi) is 2.96. The molecule has 1 atom stereocenters. The maximum Gasteiger partial charge on any atom is 0.420 e. The molecule has 0 aliphatic heterocycles. The number of esters is 1. The highest BCUT2D eigenvalue weighted by molar-refractivity contribution is 5.79. The first kappa shape index (κ1) is 12.4. The van der Waals surface area contributed by atoms with Crippen molar-refractivity contribution < 1.29 is 19.1 Å². The highest BCUT2D eigenvalue weighted by Crippen LogP contribution is 2.16. The number of fused-ring (bicyclic) bond motifs is 1. The molecule has 0 saturated carbocycles. The Bertz CT molecular complexity index is 637. The van der Waals surface area contributed by atoms with E-state index in [0.717, 1.165) is 0 Å². The number of benzene rings is 1. The van der Waals surface area contributed by atoms with Crippen molar-refractivity contribution in [3.8, 4) is 0 Å². The van der Waals surface area contributed by atoms with Gasteiger partial charge in [-0.05, 0) is 19.1 Å². The van der Waals surface area contributed by atoms with Crippen LogP contribution in [0.5, 0.6) is 0 Å². The summed E-state index contributed by atoms with van der Waals surface area (Å²) in [5.74, 6) is -1.43. The topological polar surface area (TPSA) is 81.7 Å². The molecule has 0 radical (unpaired) electrons. The molecule has 1 heterocycles. The molecule has 0 aliphatic carbocycles. The summed E-state index contributed by atoms with van der Waals surface area (Å²) in [6.45, 7) is 1.06. The molecule has 18 heavy (non-hydrogen) atoms. The maximum absolute atomic E-state index is 11.7. The molecule has 96 valence electrons. The van der Waals surface area contributed by atoms with Gasteiger partial charge in [0.15, 0.2) is 11.2 Å². The number of hydrogen-bond acceptors (Lipinski definition) is 5. The SMILES string of the molecule is COC(=O)C(C)(O)Cn1c(=O)oc2ccccc21. The van der Waals surface area contributed by atoms with Gasteiger partial charge in [0.1, 0.15) is 0 Å². The Morgan fingerprint density at radius 3 is 2.83 bits per heavy atom. The molecule has 1 N–H and O–H groups in total. The van der Waals surface area contributed by atoms with E-state index in [0.29, 0.717) is 11.1 Å². The molecule has 2 rings (SSSR count). The first-order chi connectivity index (χ1) is 8.45. The third kappa shape index (κ3) is 2.02. The van der Waals surface area contributed by atoms with Crippen molar-refractivity contribution in [3.05, 3.63) is 34.8 Å². The van der Waals surface area contributed by atoms with E-state index in [9.17, 15) is 14.7 Å². The van der Waals surface area contributed by atoms with Crippen molar-refractivity contribution in [3.63, 3.8) is 0 Å². The number of hydrogen-bond donors (Lipinski definition) is 1. The number of aliphatic hydroxyl groups is 1. The van der Waals surface area contributed by atoms with E-state index in [1.165, 1.54) is 18.6 Å². The number of ether oxygens (including phenoxy) is 1. The number of nitrogens with zero attached hydrogens (tertiary/aromatic N) is 1. The lowest BCUT2D eigenvalue weighted by atomic mass is 10.1. The summed E-state index contributed by atoms with van der Waals surface area (Å²) < 4.78 is 10.7. The first-order valence-corrected chi connectivity index (χ1v) is 5.35. The summed E-state index contributed by atoms with van der Waals surface area (Å²) >= 11 is 0. The van der Waals surface area contributed by atoms with Crippen molar-refractivity contribution in [1.29, 1.82) is 0 Å².